The Morgan fingerprint density at radius 2 is 1.86 bits per heavy atom. The van der Waals surface area contributed by atoms with Crippen LogP contribution in [0.15, 0.2) is 30.3 Å². The fraction of sp³-hybridized carbons (Fsp3) is 0.571. The lowest BCUT2D eigenvalue weighted by atomic mass is 9.79. The third kappa shape index (κ3) is 3.84. The van der Waals surface area contributed by atoms with Gasteiger partial charge in [-0.25, -0.2) is 4.79 Å². The predicted octanol–water partition coefficient (Wildman–Crippen LogP) is 2.30. The zero-order valence-corrected chi connectivity index (χ0v) is 16.9. The molecule has 0 bridgehead atoms. The molecule has 1 aliphatic carbocycles. The zero-order chi connectivity index (χ0) is 20.3. The monoisotopic (exact) mass is 386 g/mol. The molecule has 7 nitrogen and oxygen atoms in total. The number of carbonyl (C=O) groups is 3. The summed E-state index contributed by atoms with van der Waals surface area (Å²) in [6.07, 6.45) is 1.28. The summed E-state index contributed by atoms with van der Waals surface area (Å²) in [7, 11) is 0. The Morgan fingerprint density at radius 1 is 1.18 bits per heavy atom. The van der Waals surface area contributed by atoms with E-state index in [1.165, 1.54) is 0 Å². The maximum atomic E-state index is 13.4. The number of nitrogens with zero attached hydrogens (tertiary/aromatic N) is 2. The Labute approximate surface area is 166 Å². The summed E-state index contributed by atoms with van der Waals surface area (Å²) < 4.78 is 0. The summed E-state index contributed by atoms with van der Waals surface area (Å²) in [5.74, 6) is 0.193. The number of hydrogen-bond donors (Lipinski definition) is 2. The third-order valence-electron chi connectivity index (χ3n) is 6.16. The Hall–Kier alpha value is -2.57. The van der Waals surface area contributed by atoms with Crippen LogP contribution in [-0.4, -0.2) is 59.9 Å². The van der Waals surface area contributed by atoms with Crippen LogP contribution < -0.4 is 10.6 Å². The first-order chi connectivity index (χ1) is 13.4. The molecule has 0 aromatic heterocycles. The summed E-state index contributed by atoms with van der Waals surface area (Å²) in [5.41, 5.74) is 0.137. The molecule has 28 heavy (non-hydrogen) atoms. The Morgan fingerprint density at radius 3 is 2.46 bits per heavy atom. The van der Waals surface area contributed by atoms with Gasteiger partial charge in [-0.2, -0.15) is 0 Å². The van der Waals surface area contributed by atoms with E-state index in [9.17, 15) is 14.4 Å². The van der Waals surface area contributed by atoms with E-state index < -0.39 is 5.41 Å². The van der Waals surface area contributed by atoms with Gasteiger partial charge in [-0.1, -0.05) is 18.2 Å². The van der Waals surface area contributed by atoms with E-state index in [2.05, 4.69) is 10.6 Å². The number of likely N-dealkylation sites (tertiary alicyclic amines) is 1. The Kier molecular flexibility index (Phi) is 5.91. The van der Waals surface area contributed by atoms with Gasteiger partial charge in [0.25, 0.3) is 0 Å². The standard InChI is InChI=1S/C21H30N4O3/c1-4-24(5-2)19(27)21-12-18(11-16(21)13-25(14-21)15(3)26)23-20(28)22-17-9-7-6-8-10-17/h6-10,16,18H,4-5,11-14H2,1-3H3,(H2,22,23,28)/t16-,18+,21-/m0/s1. The molecule has 0 spiro atoms. The van der Waals surface area contributed by atoms with Gasteiger partial charge in [0.2, 0.25) is 11.8 Å². The van der Waals surface area contributed by atoms with Gasteiger partial charge < -0.3 is 20.4 Å². The first kappa shape index (κ1) is 20.2. The van der Waals surface area contributed by atoms with Crippen LogP contribution >= 0.6 is 0 Å². The quantitative estimate of drug-likeness (QED) is 0.815. The van der Waals surface area contributed by atoms with Gasteiger partial charge in [-0.05, 0) is 44.7 Å². The summed E-state index contributed by atoms with van der Waals surface area (Å²) >= 11 is 0. The summed E-state index contributed by atoms with van der Waals surface area (Å²) in [6.45, 7) is 7.83. The molecule has 3 atom stereocenters. The molecule has 7 heteroatoms. The van der Waals surface area contributed by atoms with Crippen molar-refractivity contribution in [3.63, 3.8) is 0 Å². The highest BCUT2D eigenvalue weighted by Crippen LogP contribution is 2.50. The number of hydrogen-bond acceptors (Lipinski definition) is 3. The Balaban J connectivity index is 1.72. The molecule has 2 fully saturated rings. The first-order valence-electron chi connectivity index (χ1n) is 10.1. The molecule has 3 rings (SSSR count). The largest absolute Gasteiger partial charge is 0.343 e. The van der Waals surface area contributed by atoms with Gasteiger partial charge in [-0.15, -0.1) is 0 Å². The molecule has 1 aromatic rings. The molecule has 152 valence electrons. The second-order valence-electron chi connectivity index (χ2n) is 7.83. The molecule has 1 aromatic carbocycles. The van der Waals surface area contributed by atoms with Crippen LogP contribution in [0.1, 0.15) is 33.6 Å². The normalized spacial score (nSPS) is 25.9. The summed E-state index contributed by atoms with van der Waals surface area (Å²) in [4.78, 5) is 41.3. The van der Waals surface area contributed by atoms with Crippen molar-refractivity contribution in [2.24, 2.45) is 11.3 Å². The smallest absolute Gasteiger partial charge is 0.319 e. The van der Waals surface area contributed by atoms with Gasteiger partial charge in [0.1, 0.15) is 0 Å². The topological polar surface area (TPSA) is 81.8 Å². The molecule has 4 amide bonds. The highest BCUT2D eigenvalue weighted by atomic mass is 16.2. The highest BCUT2D eigenvalue weighted by molar-refractivity contribution is 5.90. The third-order valence-corrected chi connectivity index (χ3v) is 6.16. The van der Waals surface area contributed by atoms with Crippen LogP contribution in [0.25, 0.3) is 0 Å². The first-order valence-corrected chi connectivity index (χ1v) is 10.1. The van der Waals surface area contributed by atoms with Crippen molar-refractivity contribution in [2.45, 2.75) is 39.7 Å². The number of urea groups is 1. The van der Waals surface area contributed by atoms with Crippen LogP contribution in [0.5, 0.6) is 0 Å². The lowest BCUT2D eigenvalue weighted by Gasteiger charge is -2.33. The fourth-order valence-corrected chi connectivity index (χ4v) is 4.75. The highest BCUT2D eigenvalue weighted by Gasteiger charge is 2.59. The summed E-state index contributed by atoms with van der Waals surface area (Å²) in [6, 6.07) is 8.95. The predicted molar refractivity (Wildman–Crippen MR) is 108 cm³/mol. The maximum absolute atomic E-state index is 13.4. The van der Waals surface area contributed by atoms with Gasteiger partial charge >= 0.3 is 6.03 Å². The van der Waals surface area contributed by atoms with E-state index >= 15 is 0 Å². The Bertz CT molecular complexity index is 734. The van der Waals surface area contributed by atoms with Crippen LogP contribution in [0.4, 0.5) is 10.5 Å². The van der Waals surface area contributed by atoms with E-state index in [1.807, 2.05) is 49.1 Å². The molecule has 0 radical (unpaired) electrons. The van der Waals surface area contributed by atoms with Crippen molar-refractivity contribution >= 4 is 23.5 Å². The molecule has 2 N–H and O–H groups in total. The number of amides is 4. The van der Waals surface area contributed by atoms with Crippen molar-refractivity contribution in [1.29, 1.82) is 0 Å². The maximum Gasteiger partial charge on any atom is 0.319 e. The fourth-order valence-electron chi connectivity index (χ4n) is 4.75. The van der Waals surface area contributed by atoms with E-state index in [0.29, 0.717) is 39.0 Å². The molecular weight excluding hydrogens is 356 g/mol. The zero-order valence-electron chi connectivity index (χ0n) is 16.9. The molecule has 2 aliphatic rings. The number of carbonyl (C=O) groups excluding carboxylic acids is 3. The van der Waals surface area contributed by atoms with Crippen LogP contribution in [0.2, 0.25) is 0 Å². The van der Waals surface area contributed by atoms with E-state index in [0.717, 1.165) is 5.69 Å². The second-order valence-corrected chi connectivity index (χ2v) is 7.83. The van der Waals surface area contributed by atoms with Crippen LogP contribution in [0.3, 0.4) is 0 Å². The SMILES string of the molecule is CCN(CC)C(=O)[C@]12C[C@H](NC(=O)Nc3ccccc3)C[C@H]1CN(C(C)=O)C2. The van der Waals surface area contributed by atoms with Gasteiger partial charge in [0.05, 0.1) is 5.41 Å². The minimum atomic E-state index is -0.595. The molecule has 1 saturated heterocycles. The van der Waals surface area contributed by atoms with Crippen molar-refractivity contribution in [3.05, 3.63) is 30.3 Å². The molecule has 0 unspecified atom stereocenters. The number of rotatable bonds is 5. The number of benzene rings is 1. The van der Waals surface area contributed by atoms with E-state index in [-0.39, 0.29) is 29.8 Å². The number of para-hydroxylation sites is 1. The minimum Gasteiger partial charge on any atom is -0.343 e. The van der Waals surface area contributed by atoms with Crippen LogP contribution in [-0.2, 0) is 9.59 Å². The van der Waals surface area contributed by atoms with Crippen molar-refractivity contribution in [3.8, 4) is 0 Å². The summed E-state index contributed by atoms with van der Waals surface area (Å²) in [5, 5.41) is 5.87. The molecule has 1 aliphatic heterocycles. The molecular formula is C21H30N4O3. The lowest BCUT2D eigenvalue weighted by molar-refractivity contribution is -0.142. The van der Waals surface area contributed by atoms with Crippen LogP contribution in [0, 0.1) is 11.3 Å². The number of fused-ring (bicyclic) bond motifs is 1. The average Bonchev–Trinajstić information content (AvgIpc) is 3.18. The van der Waals surface area contributed by atoms with Crippen molar-refractivity contribution in [2.75, 3.05) is 31.5 Å². The van der Waals surface area contributed by atoms with E-state index in [1.54, 1.807) is 11.8 Å². The average molecular weight is 386 g/mol. The van der Waals surface area contributed by atoms with Gasteiger partial charge in [-0.3, -0.25) is 9.59 Å². The number of anilines is 1. The van der Waals surface area contributed by atoms with Crippen molar-refractivity contribution in [1.82, 2.24) is 15.1 Å². The lowest BCUT2D eigenvalue weighted by Crippen LogP contribution is -2.48. The van der Waals surface area contributed by atoms with Crippen molar-refractivity contribution < 1.29 is 14.4 Å². The van der Waals surface area contributed by atoms with E-state index in [4.69, 9.17) is 0 Å². The van der Waals surface area contributed by atoms with Gasteiger partial charge in [0, 0.05) is 44.8 Å². The second kappa shape index (κ2) is 8.20. The molecule has 1 saturated carbocycles. The number of nitrogens with one attached hydrogen (secondary N) is 2. The minimum absolute atomic E-state index is 0.00690. The molecule has 1 heterocycles. The van der Waals surface area contributed by atoms with Gasteiger partial charge in [0.15, 0.2) is 0 Å².